The molecule has 0 fully saturated rings. The maximum absolute atomic E-state index is 11.6. The Hall–Kier alpha value is -0.780. The lowest BCUT2D eigenvalue weighted by Crippen LogP contribution is -2.00. The van der Waals surface area contributed by atoms with Crippen molar-refractivity contribution < 1.29 is 4.79 Å². The van der Waals surface area contributed by atoms with Gasteiger partial charge in [-0.05, 0) is 32.9 Å². The summed E-state index contributed by atoms with van der Waals surface area (Å²) in [5.74, 6) is 5.97. The van der Waals surface area contributed by atoms with Gasteiger partial charge in [-0.15, -0.1) is 11.3 Å². The van der Waals surface area contributed by atoms with Gasteiger partial charge in [-0.2, -0.15) is 0 Å². The number of hydrogen-bond acceptors (Lipinski definition) is 2. The average Bonchev–Trinajstić information content (AvgIpc) is 2.49. The van der Waals surface area contributed by atoms with Crippen molar-refractivity contribution in [3.63, 3.8) is 0 Å². The van der Waals surface area contributed by atoms with Crippen LogP contribution >= 0.6 is 22.9 Å². The van der Waals surface area contributed by atoms with E-state index >= 15 is 0 Å². The molecule has 0 aliphatic heterocycles. The highest BCUT2D eigenvalue weighted by Gasteiger charge is 2.08. The van der Waals surface area contributed by atoms with E-state index in [9.17, 15) is 4.79 Å². The van der Waals surface area contributed by atoms with Crippen LogP contribution < -0.4 is 0 Å². The number of Topliss-reactive ketones (excluding diaryl/α,β-unsaturated/α-hetero) is 1. The van der Waals surface area contributed by atoms with Crippen molar-refractivity contribution in [1.29, 1.82) is 0 Å². The number of thiophene rings is 1. The van der Waals surface area contributed by atoms with E-state index in [1.165, 1.54) is 11.3 Å². The van der Waals surface area contributed by atoms with Gasteiger partial charge in [0.25, 0.3) is 0 Å². The van der Waals surface area contributed by atoms with Crippen molar-refractivity contribution >= 4 is 28.7 Å². The highest BCUT2D eigenvalue weighted by molar-refractivity contribution is 7.18. The highest BCUT2D eigenvalue weighted by atomic mass is 35.5. The molecule has 0 radical (unpaired) electrons. The topological polar surface area (TPSA) is 17.1 Å². The summed E-state index contributed by atoms with van der Waals surface area (Å²) in [7, 11) is 0. The molecular formula is C12H13ClOS. The Kier molecular flexibility index (Phi) is 3.96. The number of ketones is 1. The molecule has 1 rings (SSSR count). The third-order valence-corrected chi connectivity index (χ3v) is 2.83. The van der Waals surface area contributed by atoms with Gasteiger partial charge in [0.1, 0.15) is 0 Å². The zero-order valence-corrected chi connectivity index (χ0v) is 10.6. The van der Waals surface area contributed by atoms with Gasteiger partial charge in [0.15, 0.2) is 5.78 Å². The van der Waals surface area contributed by atoms with Gasteiger partial charge in [-0.3, -0.25) is 4.79 Å². The SMILES string of the molecule is CC(C)(C)C#CCC(=O)c1ccc(Cl)s1. The van der Waals surface area contributed by atoms with Crippen molar-refractivity contribution in [1.82, 2.24) is 0 Å². The average molecular weight is 241 g/mol. The van der Waals surface area contributed by atoms with Crippen LogP contribution in [-0.4, -0.2) is 5.78 Å². The fraction of sp³-hybridized carbons (Fsp3) is 0.417. The first kappa shape index (κ1) is 12.3. The third kappa shape index (κ3) is 4.51. The fourth-order valence-electron chi connectivity index (χ4n) is 0.941. The molecule has 0 N–H and O–H groups in total. The molecule has 0 bridgehead atoms. The van der Waals surface area contributed by atoms with Crippen molar-refractivity contribution in [2.75, 3.05) is 0 Å². The summed E-state index contributed by atoms with van der Waals surface area (Å²) in [4.78, 5) is 12.3. The van der Waals surface area contributed by atoms with Crippen molar-refractivity contribution in [3.8, 4) is 11.8 Å². The Morgan fingerprint density at radius 2 is 2.13 bits per heavy atom. The normalized spacial score (nSPS) is 10.7. The fourth-order valence-corrected chi connectivity index (χ4v) is 1.92. The summed E-state index contributed by atoms with van der Waals surface area (Å²) < 4.78 is 0.641. The molecule has 0 atom stereocenters. The Balaban J connectivity index is 2.60. The van der Waals surface area contributed by atoms with E-state index in [4.69, 9.17) is 11.6 Å². The second kappa shape index (κ2) is 4.83. The lowest BCUT2D eigenvalue weighted by atomic mass is 9.98. The molecule has 1 aromatic rings. The Bertz CT molecular complexity index is 415. The molecule has 0 aliphatic carbocycles. The molecule has 0 aliphatic rings. The van der Waals surface area contributed by atoms with Crippen LogP contribution in [0.5, 0.6) is 0 Å². The van der Waals surface area contributed by atoms with Crippen molar-refractivity contribution in [2.24, 2.45) is 5.41 Å². The number of halogens is 1. The molecule has 1 heterocycles. The van der Waals surface area contributed by atoms with E-state index in [-0.39, 0.29) is 17.6 Å². The number of carbonyl (C=O) groups excluding carboxylic acids is 1. The molecule has 3 heteroatoms. The van der Waals surface area contributed by atoms with Gasteiger partial charge in [0, 0.05) is 5.41 Å². The lowest BCUT2D eigenvalue weighted by Gasteiger charge is -2.06. The first-order chi connectivity index (χ1) is 6.88. The number of rotatable bonds is 2. The first-order valence-corrected chi connectivity index (χ1v) is 5.86. The minimum atomic E-state index is -0.0482. The van der Waals surface area contributed by atoms with Gasteiger partial charge in [0.2, 0.25) is 0 Å². The van der Waals surface area contributed by atoms with Crippen LogP contribution in [0.1, 0.15) is 36.9 Å². The molecule has 80 valence electrons. The minimum absolute atomic E-state index is 0.0450. The quantitative estimate of drug-likeness (QED) is 0.564. The molecule has 0 saturated carbocycles. The predicted octanol–water partition coefficient (Wildman–Crippen LogP) is 4.02. The van der Waals surface area contributed by atoms with Gasteiger partial charge in [-0.1, -0.05) is 23.4 Å². The van der Waals surface area contributed by atoms with Crippen LogP contribution in [0.4, 0.5) is 0 Å². The summed E-state index contributed by atoms with van der Waals surface area (Å²) in [5, 5.41) is 0. The maximum Gasteiger partial charge on any atom is 0.184 e. The van der Waals surface area contributed by atoms with Crippen molar-refractivity contribution in [3.05, 3.63) is 21.3 Å². The summed E-state index contributed by atoms with van der Waals surface area (Å²) in [6.07, 6.45) is 0.272. The minimum Gasteiger partial charge on any atom is -0.292 e. The maximum atomic E-state index is 11.6. The van der Waals surface area contributed by atoms with E-state index < -0.39 is 0 Å². The molecule has 0 aromatic carbocycles. The molecule has 0 unspecified atom stereocenters. The largest absolute Gasteiger partial charge is 0.292 e. The summed E-state index contributed by atoms with van der Waals surface area (Å²) in [6.45, 7) is 6.06. The summed E-state index contributed by atoms with van der Waals surface area (Å²) in [6, 6.07) is 3.48. The van der Waals surface area contributed by atoms with Gasteiger partial charge < -0.3 is 0 Å². The van der Waals surface area contributed by atoms with E-state index in [1.54, 1.807) is 12.1 Å². The van der Waals surface area contributed by atoms with Gasteiger partial charge in [-0.25, -0.2) is 0 Å². The zero-order valence-electron chi connectivity index (χ0n) is 9.06. The smallest absolute Gasteiger partial charge is 0.184 e. The summed E-state index contributed by atoms with van der Waals surface area (Å²) >= 11 is 7.04. The lowest BCUT2D eigenvalue weighted by molar-refractivity contribution is 0.100. The van der Waals surface area contributed by atoms with Gasteiger partial charge in [0.05, 0.1) is 15.6 Å². The third-order valence-electron chi connectivity index (χ3n) is 1.56. The Labute approximate surface area is 99.5 Å². The summed E-state index contributed by atoms with van der Waals surface area (Å²) in [5.41, 5.74) is -0.0482. The number of carbonyl (C=O) groups is 1. The van der Waals surface area contributed by atoms with E-state index in [0.29, 0.717) is 9.21 Å². The molecule has 0 amide bonds. The molecule has 1 nitrogen and oxygen atoms in total. The van der Waals surface area contributed by atoms with Crippen LogP contribution in [0.15, 0.2) is 12.1 Å². The molecule has 0 saturated heterocycles. The first-order valence-electron chi connectivity index (χ1n) is 4.67. The van der Waals surface area contributed by atoms with Gasteiger partial charge >= 0.3 is 0 Å². The predicted molar refractivity (Wildman–Crippen MR) is 65.5 cm³/mol. The van der Waals surface area contributed by atoms with E-state index in [1.807, 2.05) is 20.8 Å². The standard InChI is InChI=1S/C12H13ClOS/c1-12(2,3)8-4-5-9(14)10-6-7-11(13)15-10/h6-7H,5H2,1-3H3. The van der Waals surface area contributed by atoms with Crippen LogP contribution in [0, 0.1) is 17.3 Å². The highest BCUT2D eigenvalue weighted by Crippen LogP contribution is 2.22. The Morgan fingerprint density at radius 3 is 2.60 bits per heavy atom. The zero-order chi connectivity index (χ0) is 11.5. The second-order valence-electron chi connectivity index (χ2n) is 4.26. The monoisotopic (exact) mass is 240 g/mol. The van der Waals surface area contributed by atoms with Crippen LogP contribution in [0.2, 0.25) is 4.34 Å². The second-order valence-corrected chi connectivity index (χ2v) is 5.97. The number of hydrogen-bond donors (Lipinski definition) is 0. The van der Waals surface area contributed by atoms with Crippen LogP contribution in [0.25, 0.3) is 0 Å². The van der Waals surface area contributed by atoms with Crippen LogP contribution in [0.3, 0.4) is 0 Å². The molecule has 0 spiro atoms. The van der Waals surface area contributed by atoms with E-state index in [0.717, 1.165) is 0 Å². The molecular weight excluding hydrogens is 228 g/mol. The van der Waals surface area contributed by atoms with Crippen molar-refractivity contribution in [2.45, 2.75) is 27.2 Å². The molecule has 1 aromatic heterocycles. The van der Waals surface area contributed by atoms with Crippen LogP contribution in [-0.2, 0) is 0 Å². The Morgan fingerprint density at radius 1 is 1.47 bits per heavy atom. The molecule has 15 heavy (non-hydrogen) atoms. The van der Waals surface area contributed by atoms with E-state index in [2.05, 4.69) is 11.8 Å².